The molecule has 234 valence electrons. The van der Waals surface area contributed by atoms with E-state index in [1.165, 1.54) is 0 Å². The van der Waals surface area contributed by atoms with Crippen molar-refractivity contribution in [1.29, 1.82) is 0 Å². The number of aromatic nitrogens is 2. The van der Waals surface area contributed by atoms with Crippen LogP contribution in [0.1, 0.15) is 82.9 Å². The maximum Gasteiger partial charge on any atom is 0.410 e. The van der Waals surface area contributed by atoms with Crippen LogP contribution < -0.4 is 14.5 Å². The number of rotatable bonds is 4. The fourth-order valence-corrected chi connectivity index (χ4v) is 6.14. The largest absolute Gasteiger partial charge is 0.486 e. The quantitative estimate of drug-likeness (QED) is 0.394. The van der Waals surface area contributed by atoms with Gasteiger partial charge in [0.1, 0.15) is 30.1 Å². The molecule has 1 aliphatic carbocycles. The van der Waals surface area contributed by atoms with Crippen molar-refractivity contribution in [1.82, 2.24) is 14.9 Å². The van der Waals surface area contributed by atoms with Crippen LogP contribution in [-0.2, 0) is 20.9 Å². The molecule has 2 saturated heterocycles. The number of methoxy groups -OCH3 is 1. The molecule has 0 spiro atoms. The Bertz CT molecular complexity index is 1320. The maximum atomic E-state index is 12.6. The first-order valence-electron chi connectivity index (χ1n) is 15.1. The van der Waals surface area contributed by atoms with Crippen LogP contribution in [0.3, 0.4) is 0 Å². The number of thioether (sulfide) groups is 1. The van der Waals surface area contributed by atoms with Crippen LogP contribution in [0, 0.1) is 0 Å². The predicted molar refractivity (Wildman–Crippen MR) is 170 cm³/mol. The molecule has 0 unspecified atom stereocenters. The van der Waals surface area contributed by atoms with Crippen LogP contribution in [0.5, 0.6) is 5.75 Å². The SMILES string of the molecule is CC(C)(C)OC(=O)N1CC(c2cc(C3CC3)c3c(c2)N(C=O)c2ncnc(N4CCSCC4)c2CO3)C1.COC(C)(C)C. The molecule has 4 heterocycles. The van der Waals surface area contributed by atoms with Gasteiger partial charge in [-0.15, -0.1) is 0 Å². The summed E-state index contributed by atoms with van der Waals surface area (Å²) < 4.78 is 16.9. The predicted octanol–water partition coefficient (Wildman–Crippen LogP) is 5.86. The van der Waals surface area contributed by atoms with Gasteiger partial charge in [-0.3, -0.25) is 9.69 Å². The molecule has 43 heavy (non-hydrogen) atoms. The Kier molecular flexibility index (Phi) is 9.13. The number of carbonyl (C=O) groups is 2. The number of anilines is 3. The number of ether oxygens (including phenoxy) is 3. The molecule has 0 radical (unpaired) electrons. The third-order valence-electron chi connectivity index (χ3n) is 7.92. The molecule has 6 rings (SSSR count). The van der Waals surface area contributed by atoms with Crippen molar-refractivity contribution in [3.63, 3.8) is 0 Å². The Morgan fingerprint density at radius 3 is 2.23 bits per heavy atom. The van der Waals surface area contributed by atoms with Crippen molar-refractivity contribution >= 4 is 41.6 Å². The average Bonchev–Trinajstić information content (AvgIpc) is 3.78. The lowest BCUT2D eigenvalue weighted by molar-refractivity contribution is -0.106. The fraction of sp³-hybridized carbons (Fsp3) is 0.625. The zero-order valence-electron chi connectivity index (χ0n) is 26.5. The molecule has 0 N–H and O–H groups in total. The number of hydrogen-bond acceptors (Lipinski definition) is 9. The summed E-state index contributed by atoms with van der Waals surface area (Å²) in [6.07, 6.45) is 4.32. The Morgan fingerprint density at radius 1 is 1.00 bits per heavy atom. The lowest BCUT2D eigenvalue weighted by Crippen LogP contribution is -2.50. The highest BCUT2D eigenvalue weighted by Gasteiger charge is 2.39. The molecule has 2 aromatic rings. The Hall–Kier alpha value is -3.05. The van der Waals surface area contributed by atoms with Crippen molar-refractivity contribution in [2.45, 2.75) is 84.0 Å². The van der Waals surface area contributed by atoms with Crippen molar-refractivity contribution < 1.29 is 23.8 Å². The molecule has 2 amide bonds. The standard InChI is InChI=1S/C27H33N5O4S.C5H12O/c1-27(2,3)36-26(34)31-12-19(13-31)18-10-20(17-4-5-17)23-22(11-18)32(16-33)25-21(14-35-23)24(28-15-29-25)30-6-8-37-9-7-30;1-5(2,3)6-4/h10-11,15-17,19H,4-9,12-14H2,1-3H3;1-4H3. The zero-order valence-corrected chi connectivity index (χ0v) is 27.3. The van der Waals surface area contributed by atoms with Gasteiger partial charge in [0.05, 0.1) is 16.9 Å². The van der Waals surface area contributed by atoms with Gasteiger partial charge in [-0.05, 0) is 77.5 Å². The molecule has 4 aliphatic rings. The number of nitrogens with zero attached hydrogens (tertiary/aromatic N) is 5. The molecular formula is C32H45N5O5S. The number of carbonyl (C=O) groups excluding carboxylic acids is 2. The van der Waals surface area contributed by atoms with E-state index in [1.54, 1.807) is 23.2 Å². The van der Waals surface area contributed by atoms with E-state index in [-0.39, 0.29) is 17.6 Å². The normalized spacial score (nSPS) is 18.7. The highest BCUT2D eigenvalue weighted by atomic mass is 32.2. The first-order chi connectivity index (χ1) is 20.4. The van der Waals surface area contributed by atoms with Crippen molar-refractivity contribution in [2.24, 2.45) is 0 Å². The third kappa shape index (κ3) is 7.37. The molecule has 1 saturated carbocycles. The van der Waals surface area contributed by atoms with Crippen LogP contribution in [-0.4, -0.2) is 83.4 Å². The van der Waals surface area contributed by atoms with Crippen LogP contribution >= 0.6 is 11.8 Å². The van der Waals surface area contributed by atoms with E-state index in [9.17, 15) is 9.59 Å². The maximum absolute atomic E-state index is 12.6. The van der Waals surface area contributed by atoms with Crippen molar-refractivity contribution in [3.05, 3.63) is 35.2 Å². The first kappa shape index (κ1) is 31.4. The van der Waals surface area contributed by atoms with E-state index in [0.29, 0.717) is 31.4 Å². The van der Waals surface area contributed by atoms with Gasteiger partial charge in [-0.25, -0.2) is 14.8 Å². The summed E-state index contributed by atoms with van der Waals surface area (Å²) >= 11 is 1.94. The summed E-state index contributed by atoms with van der Waals surface area (Å²) in [5.41, 5.74) is 3.35. The fourth-order valence-electron chi connectivity index (χ4n) is 5.24. The van der Waals surface area contributed by atoms with Crippen LogP contribution in [0.15, 0.2) is 18.5 Å². The topological polar surface area (TPSA) is 97.3 Å². The second-order valence-electron chi connectivity index (χ2n) is 13.5. The van der Waals surface area contributed by atoms with Crippen LogP contribution in [0.4, 0.5) is 22.1 Å². The Balaban J connectivity index is 0.000000559. The minimum Gasteiger partial charge on any atom is -0.486 e. The van der Waals surface area contributed by atoms with E-state index in [1.807, 2.05) is 59.4 Å². The second-order valence-corrected chi connectivity index (χ2v) is 14.7. The minimum absolute atomic E-state index is 0.0417. The first-order valence-corrected chi connectivity index (χ1v) is 16.3. The Labute approximate surface area is 259 Å². The van der Waals surface area contributed by atoms with E-state index in [0.717, 1.165) is 77.8 Å². The summed E-state index contributed by atoms with van der Waals surface area (Å²) in [5, 5.41) is 0. The summed E-state index contributed by atoms with van der Waals surface area (Å²) in [6, 6.07) is 4.27. The summed E-state index contributed by atoms with van der Waals surface area (Å²) in [7, 11) is 1.71. The minimum atomic E-state index is -0.520. The molecule has 3 fully saturated rings. The second kappa shape index (κ2) is 12.5. The van der Waals surface area contributed by atoms with Gasteiger partial charge < -0.3 is 24.0 Å². The highest BCUT2D eigenvalue weighted by molar-refractivity contribution is 7.99. The molecule has 0 atom stereocenters. The monoisotopic (exact) mass is 611 g/mol. The van der Waals surface area contributed by atoms with E-state index >= 15 is 0 Å². The lowest BCUT2D eigenvalue weighted by Gasteiger charge is -2.40. The van der Waals surface area contributed by atoms with Crippen LogP contribution in [0.2, 0.25) is 0 Å². The van der Waals surface area contributed by atoms with E-state index in [4.69, 9.17) is 14.2 Å². The van der Waals surface area contributed by atoms with Gasteiger partial charge in [0.25, 0.3) is 0 Å². The van der Waals surface area contributed by atoms with Gasteiger partial charge >= 0.3 is 6.09 Å². The van der Waals surface area contributed by atoms with Gasteiger partial charge in [-0.1, -0.05) is 6.07 Å². The molecule has 3 aliphatic heterocycles. The number of amides is 2. The van der Waals surface area contributed by atoms with Gasteiger partial charge in [0.2, 0.25) is 6.41 Å². The molecule has 0 bridgehead atoms. The van der Waals surface area contributed by atoms with Crippen molar-refractivity contribution in [3.8, 4) is 5.75 Å². The number of likely N-dealkylation sites (tertiary alicyclic amines) is 1. The summed E-state index contributed by atoms with van der Waals surface area (Å²) in [4.78, 5) is 39.9. The summed E-state index contributed by atoms with van der Waals surface area (Å²) in [5.74, 6) is 4.90. The highest BCUT2D eigenvalue weighted by Crippen LogP contribution is 2.52. The molecular weight excluding hydrogens is 566 g/mol. The van der Waals surface area contributed by atoms with Gasteiger partial charge in [0.15, 0.2) is 5.82 Å². The van der Waals surface area contributed by atoms with E-state index in [2.05, 4.69) is 20.9 Å². The average molecular weight is 612 g/mol. The third-order valence-corrected chi connectivity index (χ3v) is 8.86. The molecule has 10 nitrogen and oxygen atoms in total. The summed E-state index contributed by atoms with van der Waals surface area (Å²) in [6.45, 7) is 15.0. The smallest absolute Gasteiger partial charge is 0.410 e. The molecule has 1 aromatic carbocycles. The molecule has 11 heteroatoms. The molecule has 1 aromatic heterocycles. The van der Waals surface area contributed by atoms with Crippen molar-refractivity contribution in [2.75, 3.05) is 54.6 Å². The zero-order chi connectivity index (χ0) is 30.9. The van der Waals surface area contributed by atoms with Gasteiger partial charge in [0, 0.05) is 50.7 Å². The number of benzene rings is 1. The van der Waals surface area contributed by atoms with Crippen LogP contribution in [0.25, 0.3) is 0 Å². The van der Waals surface area contributed by atoms with Gasteiger partial charge in [-0.2, -0.15) is 11.8 Å². The lowest BCUT2D eigenvalue weighted by atomic mass is 9.89. The van der Waals surface area contributed by atoms with E-state index < -0.39 is 5.60 Å². The Morgan fingerprint density at radius 2 is 1.65 bits per heavy atom. The number of fused-ring (bicyclic) bond motifs is 2. The number of hydrogen-bond donors (Lipinski definition) is 0.